The number of nitro benzene ring substituents is 1. The number of nitro groups is 1. The second-order valence-corrected chi connectivity index (χ2v) is 6.38. The van der Waals surface area contributed by atoms with Gasteiger partial charge in [-0.05, 0) is 43.2 Å². The summed E-state index contributed by atoms with van der Waals surface area (Å²) in [4.78, 5) is 10.5. The fourth-order valence-electron chi connectivity index (χ4n) is 4.00. The van der Waals surface area contributed by atoms with Gasteiger partial charge >= 0.3 is 0 Å². The van der Waals surface area contributed by atoms with Crippen molar-refractivity contribution in [3.8, 4) is 0 Å². The van der Waals surface area contributed by atoms with Crippen LogP contribution in [0.5, 0.6) is 0 Å². The highest BCUT2D eigenvalue weighted by atomic mass is 19.1. The Kier molecular flexibility index (Phi) is 4.08. The first-order chi connectivity index (χ1) is 10.1. The van der Waals surface area contributed by atoms with Gasteiger partial charge in [0, 0.05) is 6.04 Å². The molecule has 5 heteroatoms. The van der Waals surface area contributed by atoms with E-state index in [0.29, 0.717) is 5.69 Å². The number of fused-ring (bicyclic) bond motifs is 1. The third-order valence-corrected chi connectivity index (χ3v) is 5.06. The van der Waals surface area contributed by atoms with Crippen LogP contribution in [0.3, 0.4) is 0 Å². The summed E-state index contributed by atoms with van der Waals surface area (Å²) in [6.45, 7) is 0. The number of halogens is 1. The lowest BCUT2D eigenvalue weighted by Gasteiger charge is -2.39. The summed E-state index contributed by atoms with van der Waals surface area (Å²) in [7, 11) is 0. The monoisotopic (exact) mass is 292 g/mol. The lowest BCUT2D eigenvalue weighted by molar-refractivity contribution is -0.384. The summed E-state index contributed by atoms with van der Waals surface area (Å²) in [5, 5.41) is 14.3. The molecular formula is C16H21FN2O2. The van der Waals surface area contributed by atoms with Crippen molar-refractivity contribution < 1.29 is 9.31 Å². The Labute approximate surface area is 123 Å². The molecule has 0 amide bonds. The van der Waals surface area contributed by atoms with Crippen LogP contribution in [0, 0.1) is 27.8 Å². The van der Waals surface area contributed by atoms with Crippen LogP contribution < -0.4 is 5.32 Å². The van der Waals surface area contributed by atoms with Crippen molar-refractivity contribution in [1.29, 1.82) is 0 Å². The molecule has 0 heterocycles. The number of hydrogen-bond acceptors (Lipinski definition) is 3. The molecule has 0 bridgehead atoms. The van der Waals surface area contributed by atoms with E-state index in [1.54, 1.807) is 0 Å². The predicted molar refractivity (Wildman–Crippen MR) is 79.8 cm³/mol. The number of benzene rings is 1. The zero-order chi connectivity index (χ0) is 14.8. The van der Waals surface area contributed by atoms with E-state index in [4.69, 9.17) is 0 Å². The summed E-state index contributed by atoms with van der Waals surface area (Å²) >= 11 is 0. The summed E-state index contributed by atoms with van der Waals surface area (Å²) < 4.78 is 13.2. The third kappa shape index (κ3) is 3.17. The van der Waals surface area contributed by atoms with Gasteiger partial charge in [-0.2, -0.15) is 0 Å². The smallest absolute Gasteiger partial charge is 0.295 e. The molecule has 2 saturated carbocycles. The minimum absolute atomic E-state index is 0.166. The van der Waals surface area contributed by atoms with Crippen LogP contribution in [-0.4, -0.2) is 11.0 Å². The number of hydrogen-bond donors (Lipinski definition) is 1. The molecule has 3 atom stereocenters. The molecule has 2 fully saturated rings. The highest BCUT2D eigenvalue weighted by molar-refractivity contribution is 5.61. The number of nitrogens with one attached hydrogen (secondary N) is 1. The maximum atomic E-state index is 13.2. The molecule has 1 aromatic carbocycles. The van der Waals surface area contributed by atoms with Crippen molar-refractivity contribution in [2.75, 3.05) is 5.32 Å². The molecule has 0 saturated heterocycles. The molecule has 1 N–H and O–H groups in total. The zero-order valence-corrected chi connectivity index (χ0v) is 12.1. The molecule has 21 heavy (non-hydrogen) atoms. The summed E-state index contributed by atoms with van der Waals surface area (Å²) in [6, 6.07) is 4.03. The van der Waals surface area contributed by atoms with Crippen LogP contribution in [0.2, 0.25) is 0 Å². The Morgan fingerprint density at radius 1 is 1.14 bits per heavy atom. The van der Waals surface area contributed by atoms with E-state index in [1.165, 1.54) is 44.2 Å². The first-order valence-electron chi connectivity index (χ1n) is 7.84. The van der Waals surface area contributed by atoms with E-state index in [9.17, 15) is 14.5 Å². The standard InChI is InChI=1S/C16H21FN2O2/c17-13-6-8-15(16(10-13)19(20)21)18-14-7-5-11-3-1-2-4-12(11)9-14/h6,8,10-12,14,18H,1-5,7,9H2. The van der Waals surface area contributed by atoms with E-state index in [1.807, 2.05) is 0 Å². The Morgan fingerprint density at radius 2 is 1.90 bits per heavy atom. The Bertz CT molecular complexity index is 535. The van der Waals surface area contributed by atoms with Gasteiger partial charge in [-0.3, -0.25) is 10.1 Å². The predicted octanol–water partition coefficient (Wildman–Crippen LogP) is 4.50. The highest BCUT2D eigenvalue weighted by Crippen LogP contribution is 2.41. The van der Waals surface area contributed by atoms with Gasteiger partial charge in [0.25, 0.3) is 5.69 Å². The van der Waals surface area contributed by atoms with Crippen molar-refractivity contribution in [2.24, 2.45) is 11.8 Å². The molecule has 0 aromatic heterocycles. The Balaban J connectivity index is 1.71. The molecule has 1 aromatic rings. The van der Waals surface area contributed by atoms with Gasteiger partial charge < -0.3 is 5.32 Å². The molecule has 0 aliphatic heterocycles. The first kappa shape index (κ1) is 14.3. The van der Waals surface area contributed by atoms with Gasteiger partial charge in [0.2, 0.25) is 0 Å². The van der Waals surface area contributed by atoms with Crippen LogP contribution in [0.4, 0.5) is 15.8 Å². The molecule has 3 unspecified atom stereocenters. The van der Waals surface area contributed by atoms with E-state index < -0.39 is 10.7 Å². The van der Waals surface area contributed by atoms with Crippen molar-refractivity contribution in [3.63, 3.8) is 0 Å². The Morgan fingerprint density at radius 3 is 2.67 bits per heavy atom. The van der Waals surface area contributed by atoms with Crippen molar-refractivity contribution in [1.82, 2.24) is 0 Å². The van der Waals surface area contributed by atoms with Gasteiger partial charge in [0.1, 0.15) is 11.5 Å². The van der Waals surface area contributed by atoms with Crippen molar-refractivity contribution >= 4 is 11.4 Å². The Hall–Kier alpha value is -1.65. The van der Waals surface area contributed by atoms with Gasteiger partial charge in [0.15, 0.2) is 0 Å². The molecule has 0 spiro atoms. The number of nitrogens with zero attached hydrogens (tertiary/aromatic N) is 1. The summed E-state index contributed by atoms with van der Waals surface area (Å²) in [6.07, 6.45) is 8.63. The minimum Gasteiger partial charge on any atom is -0.377 e. The average Bonchev–Trinajstić information content (AvgIpc) is 2.49. The molecular weight excluding hydrogens is 271 g/mol. The second-order valence-electron chi connectivity index (χ2n) is 6.38. The maximum absolute atomic E-state index is 13.2. The normalized spacial score (nSPS) is 28.7. The van der Waals surface area contributed by atoms with Crippen molar-refractivity contribution in [3.05, 3.63) is 34.1 Å². The lowest BCUT2D eigenvalue weighted by Crippen LogP contribution is -2.34. The van der Waals surface area contributed by atoms with Crippen LogP contribution in [-0.2, 0) is 0 Å². The number of rotatable bonds is 3. The van der Waals surface area contributed by atoms with E-state index in [2.05, 4.69) is 5.32 Å². The molecule has 4 nitrogen and oxygen atoms in total. The third-order valence-electron chi connectivity index (χ3n) is 5.06. The number of anilines is 1. The van der Waals surface area contributed by atoms with Crippen LogP contribution in [0.15, 0.2) is 18.2 Å². The fraction of sp³-hybridized carbons (Fsp3) is 0.625. The average molecular weight is 292 g/mol. The molecule has 2 aliphatic carbocycles. The van der Waals surface area contributed by atoms with Gasteiger partial charge in [-0.15, -0.1) is 0 Å². The molecule has 2 aliphatic rings. The van der Waals surface area contributed by atoms with Gasteiger partial charge in [-0.1, -0.05) is 25.7 Å². The van der Waals surface area contributed by atoms with Crippen LogP contribution in [0.1, 0.15) is 44.9 Å². The van der Waals surface area contributed by atoms with Gasteiger partial charge in [-0.25, -0.2) is 4.39 Å². The topological polar surface area (TPSA) is 55.2 Å². The molecule has 3 rings (SSSR count). The first-order valence-corrected chi connectivity index (χ1v) is 7.84. The van der Waals surface area contributed by atoms with Crippen LogP contribution in [0.25, 0.3) is 0 Å². The molecule has 0 radical (unpaired) electrons. The molecule has 114 valence electrons. The lowest BCUT2D eigenvalue weighted by atomic mass is 9.69. The largest absolute Gasteiger partial charge is 0.377 e. The summed E-state index contributed by atoms with van der Waals surface area (Å²) in [5.74, 6) is 1.03. The van der Waals surface area contributed by atoms with E-state index in [0.717, 1.165) is 30.7 Å². The quantitative estimate of drug-likeness (QED) is 0.659. The maximum Gasteiger partial charge on any atom is 0.295 e. The zero-order valence-electron chi connectivity index (χ0n) is 12.1. The highest BCUT2D eigenvalue weighted by Gasteiger charge is 2.32. The minimum atomic E-state index is -0.566. The van der Waals surface area contributed by atoms with E-state index >= 15 is 0 Å². The SMILES string of the molecule is O=[N+]([O-])c1cc(F)ccc1NC1CCC2CCCCC2C1. The van der Waals surface area contributed by atoms with Crippen LogP contribution >= 0.6 is 0 Å². The van der Waals surface area contributed by atoms with E-state index in [-0.39, 0.29) is 11.7 Å². The second kappa shape index (κ2) is 6.00. The fourth-order valence-corrected chi connectivity index (χ4v) is 4.00. The van der Waals surface area contributed by atoms with Crippen molar-refractivity contribution in [2.45, 2.75) is 51.0 Å². The summed E-state index contributed by atoms with van der Waals surface area (Å²) in [5.41, 5.74) is 0.279. The van der Waals surface area contributed by atoms with Gasteiger partial charge in [0.05, 0.1) is 11.0 Å².